The minimum absolute atomic E-state index is 0.106. The maximum atomic E-state index is 12.2. The van der Waals surface area contributed by atoms with Crippen LogP contribution in [0.2, 0.25) is 0 Å². The molecule has 6 nitrogen and oxygen atoms in total. The monoisotopic (exact) mass is 307 g/mol. The highest BCUT2D eigenvalue weighted by Gasteiger charge is 2.33. The number of aryl methyl sites for hydroxylation is 1. The third kappa shape index (κ3) is 4.13. The SMILES string of the molecule is COc1ccc(CCC(=O)N(CC(=O)O)C2CC2)cc1OC. The number of ether oxygens (including phenoxy) is 2. The van der Waals surface area contributed by atoms with Gasteiger partial charge in [-0.05, 0) is 37.0 Å². The molecule has 1 aromatic rings. The van der Waals surface area contributed by atoms with Gasteiger partial charge in [0.25, 0.3) is 0 Å². The number of nitrogens with zero attached hydrogens (tertiary/aromatic N) is 1. The molecule has 1 aromatic carbocycles. The molecule has 0 aromatic heterocycles. The number of methoxy groups -OCH3 is 2. The molecule has 1 saturated carbocycles. The topological polar surface area (TPSA) is 76.1 Å². The fourth-order valence-electron chi connectivity index (χ4n) is 2.38. The Bertz CT molecular complexity index is 553. The molecule has 0 bridgehead atoms. The zero-order valence-corrected chi connectivity index (χ0v) is 12.9. The van der Waals surface area contributed by atoms with Crippen LogP contribution in [0.4, 0.5) is 0 Å². The van der Waals surface area contributed by atoms with E-state index in [0.717, 1.165) is 18.4 Å². The van der Waals surface area contributed by atoms with E-state index in [1.54, 1.807) is 20.3 Å². The first-order chi connectivity index (χ1) is 10.5. The number of rotatable bonds is 8. The van der Waals surface area contributed by atoms with E-state index >= 15 is 0 Å². The Balaban J connectivity index is 1.96. The highest BCUT2D eigenvalue weighted by Crippen LogP contribution is 2.29. The van der Waals surface area contributed by atoms with E-state index < -0.39 is 5.97 Å². The highest BCUT2D eigenvalue weighted by molar-refractivity contribution is 5.82. The molecule has 6 heteroatoms. The van der Waals surface area contributed by atoms with Crippen molar-refractivity contribution in [1.82, 2.24) is 4.90 Å². The lowest BCUT2D eigenvalue weighted by molar-refractivity contribution is -0.144. The molecule has 0 heterocycles. The van der Waals surface area contributed by atoms with Crippen molar-refractivity contribution < 1.29 is 24.2 Å². The second-order valence-corrected chi connectivity index (χ2v) is 5.34. The van der Waals surface area contributed by atoms with Crippen molar-refractivity contribution in [3.05, 3.63) is 23.8 Å². The number of hydrogen-bond acceptors (Lipinski definition) is 4. The molecule has 1 N–H and O–H groups in total. The number of benzene rings is 1. The Morgan fingerprint density at radius 1 is 1.23 bits per heavy atom. The van der Waals surface area contributed by atoms with Gasteiger partial charge in [0.15, 0.2) is 11.5 Å². The molecular weight excluding hydrogens is 286 g/mol. The lowest BCUT2D eigenvalue weighted by Gasteiger charge is -2.20. The van der Waals surface area contributed by atoms with Crippen LogP contribution in [0, 0.1) is 0 Å². The molecule has 1 aliphatic carbocycles. The minimum atomic E-state index is -0.966. The predicted octanol–water partition coefficient (Wildman–Crippen LogP) is 1.71. The average molecular weight is 307 g/mol. The molecule has 1 fully saturated rings. The third-order valence-corrected chi connectivity index (χ3v) is 3.69. The molecule has 0 atom stereocenters. The van der Waals surface area contributed by atoms with Crippen molar-refractivity contribution in [2.24, 2.45) is 0 Å². The number of hydrogen-bond donors (Lipinski definition) is 1. The van der Waals surface area contributed by atoms with Crippen LogP contribution in [-0.2, 0) is 16.0 Å². The van der Waals surface area contributed by atoms with Gasteiger partial charge in [-0.2, -0.15) is 0 Å². The summed E-state index contributed by atoms with van der Waals surface area (Å²) < 4.78 is 10.4. The molecule has 1 amide bonds. The fraction of sp³-hybridized carbons (Fsp3) is 0.500. The van der Waals surface area contributed by atoms with Crippen molar-refractivity contribution in [3.63, 3.8) is 0 Å². The van der Waals surface area contributed by atoms with Gasteiger partial charge in [0, 0.05) is 12.5 Å². The molecule has 0 saturated heterocycles. The molecule has 0 unspecified atom stereocenters. The maximum absolute atomic E-state index is 12.2. The summed E-state index contributed by atoms with van der Waals surface area (Å²) >= 11 is 0. The van der Waals surface area contributed by atoms with E-state index in [0.29, 0.717) is 24.3 Å². The van der Waals surface area contributed by atoms with E-state index in [1.807, 2.05) is 12.1 Å². The number of aliphatic carboxylic acids is 1. The number of amides is 1. The molecule has 1 aliphatic rings. The van der Waals surface area contributed by atoms with Gasteiger partial charge in [-0.1, -0.05) is 6.07 Å². The van der Waals surface area contributed by atoms with E-state index in [9.17, 15) is 9.59 Å². The first-order valence-electron chi connectivity index (χ1n) is 7.27. The average Bonchev–Trinajstić information content (AvgIpc) is 3.34. The van der Waals surface area contributed by atoms with Gasteiger partial charge in [-0.25, -0.2) is 0 Å². The Morgan fingerprint density at radius 3 is 2.45 bits per heavy atom. The normalized spacial score (nSPS) is 13.5. The Kier molecular flexibility index (Phi) is 5.25. The van der Waals surface area contributed by atoms with Crippen LogP contribution >= 0.6 is 0 Å². The zero-order chi connectivity index (χ0) is 16.1. The van der Waals surface area contributed by atoms with Crippen molar-refractivity contribution in [2.45, 2.75) is 31.7 Å². The van der Waals surface area contributed by atoms with Gasteiger partial charge in [0.1, 0.15) is 6.54 Å². The summed E-state index contributed by atoms with van der Waals surface area (Å²) in [7, 11) is 3.13. The molecule has 0 radical (unpaired) electrons. The summed E-state index contributed by atoms with van der Waals surface area (Å²) in [6, 6.07) is 5.63. The third-order valence-electron chi connectivity index (χ3n) is 3.69. The summed E-state index contributed by atoms with van der Waals surface area (Å²) in [6.07, 6.45) is 2.63. The molecule has 0 aliphatic heterocycles. The van der Waals surface area contributed by atoms with E-state index in [-0.39, 0.29) is 18.5 Å². The quantitative estimate of drug-likeness (QED) is 0.791. The Morgan fingerprint density at radius 2 is 1.91 bits per heavy atom. The van der Waals surface area contributed by atoms with Gasteiger partial charge in [-0.3, -0.25) is 9.59 Å². The molecular formula is C16H21NO5. The van der Waals surface area contributed by atoms with Crippen molar-refractivity contribution in [3.8, 4) is 11.5 Å². The number of carboxylic acid groups (broad SMARTS) is 1. The second kappa shape index (κ2) is 7.15. The summed E-state index contributed by atoms with van der Waals surface area (Å²) in [5.74, 6) is 0.186. The van der Waals surface area contributed by atoms with Gasteiger partial charge >= 0.3 is 5.97 Å². The summed E-state index contributed by atoms with van der Waals surface area (Å²) in [4.78, 5) is 24.5. The highest BCUT2D eigenvalue weighted by atomic mass is 16.5. The lowest BCUT2D eigenvalue weighted by Crippen LogP contribution is -2.37. The maximum Gasteiger partial charge on any atom is 0.323 e. The smallest absolute Gasteiger partial charge is 0.323 e. The first kappa shape index (κ1) is 16.1. The van der Waals surface area contributed by atoms with Gasteiger partial charge in [-0.15, -0.1) is 0 Å². The largest absolute Gasteiger partial charge is 0.493 e. The summed E-state index contributed by atoms with van der Waals surface area (Å²) in [6.45, 7) is -0.213. The van der Waals surface area contributed by atoms with E-state index in [4.69, 9.17) is 14.6 Å². The van der Waals surface area contributed by atoms with Gasteiger partial charge < -0.3 is 19.5 Å². The van der Waals surface area contributed by atoms with Crippen LogP contribution in [0.25, 0.3) is 0 Å². The van der Waals surface area contributed by atoms with Crippen LogP contribution in [0.3, 0.4) is 0 Å². The standard InChI is InChI=1S/C16H21NO5/c1-21-13-7-3-11(9-14(13)22-2)4-8-15(18)17(10-16(19)20)12-5-6-12/h3,7,9,12H,4-6,8,10H2,1-2H3,(H,19,20). The van der Waals surface area contributed by atoms with Gasteiger partial charge in [0.05, 0.1) is 14.2 Å². The van der Waals surface area contributed by atoms with Crippen LogP contribution in [0.15, 0.2) is 18.2 Å². The van der Waals surface area contributed by atoms with Crippen molar-refractivity contribution in [1.29, 1.82) is 0 Å². The number of carbonyl (C=O) groups excluding carboxylic acids is 1. The summed E-state index contributed by atoms with van der Waals surface area (Å²) in [5.41, 5.74) is 0.956. The Labute approximate surface area is 129 Å². The zero-order valence-electron chi connectivity index (χ0n) is 12.9. The molecule has 120 valence electrons. The Hall–Kier alpha value is -2.24. The first-order valence-corrected chi connectivity index (χ1v) is 7.27. The fourth-order valence-corrected chi connectivity index (χ4v) is 2.38. The van der Waals surface area contributed by atoms with Crippen LogP contribution in [0.5, 0.6) is 11.5 Å². The number of carbonyl (C=O) groups is 2. The van der Waals surface area contributed by atoms with Crippen LogP contribution < -0.4 is 9.47 Å². The van der Waals surface area contributed by atoms with Crippen molar-refractivity contribution in [2.75, 3.05) is 20.8 Å². The molecule has 2 rings (SSSR count). The second-order valence-electron chi connectivity index (χ2n) is 5.34. The minimum Gasteiger partial charge on any atom is -0.493 e. The van der Waals surface area contributed by atoms with Crippen LogP contribution in [-0.4, -0.2) is 48.7 Å². The summed E-state index contributed by atoms with van der Waals surface area (Å²) in [5, 5.41) is 8.90. The van der Waals surface area contributed by atoms with Crippen LogP contribution in [0.1, 0.15) is 24.8 Å². The molecule has 22 heavy (non-hydrogen) atoms. The molecule has 0 spiro atoms. The van der Waals surface area contributed by atoms with E-state index in [1.165, 1.54) is 4.90 Å². The van der Waals surface area contributed by atoms with Crippen molar-refractivity contribution >= 4 is 11.9 Å². The van der Waals surface area contributed by atoms with Gasteiger partial charge in [0.2, 0.25) is 5.91 Å². The number of carboxylic acids is 1. The van der Waals surface area contributed by atoms with E-state index in [2.05, 4.69) is 0 Å². The lowest BCUT2D eigenvalue weighted by atomic mass is 10.1. The predicted molar refractivity (Wildman–Crippen MR) is 80.2 cm³/mol.